The molecule has 0 amide bonds. The lowest BCUT2D eigenvalue weighted by Crippen LogP contribution is -2.32. The molecule has 0 aliphatic heterocycles. The van der Waals surface area contributed by atoms with Crippen LogP contribution in [0.15, 0.2) is 18.3 Å². The Morgan fingerprint density at radius 2 is 2.11 bits per heavy atom. The molecule has 1 rings (SSSR count). The first-order valence-corrected chi connectivity index (χ1v) is 2.82. The van der Waals surface area contributed by atoms with E-state index in [2.05, 4.69) is 0 Å². The minimum absolute atomic E-state index is 0.208. The lowest BCUT2D eigenvalue weighted by Gasteiger charge is -1.88. The van der Waals surface area contributed by atoms with Crippen molar-refractivity contribution in [3.05, 3.63) is 29.8 Å². The highest BCUT2D eigenvalue weighted by Crippen LogP contribution is 1.92. The number of nitrogens with zero attached hydrogens (tertiary/aromatic N) is 1. The number of aryl methyl sites for hydroxylation is 2. The zero-order valence-corrected chi connectivity index (χ0v) is 5.56. The van der Waals surface area contributed by atoms with Crippen LogP contribution in [-0.2, 0) is 7.05 Å². The van der Waals surface area contributed by atoms with Crippen LogP contribution in [0.2, 0.25) is 0 Å². The van der Waals surface area contributed by atoms with E-state index < -0.39 is 0 Å². The van der Waals surface area contributed by atoms with Gasteiger partial charge in [0.05, 0.1) is 0 Å². The van der Waals surface area contributed by atoms with Crippen LogP contribution < -0.4 is 4.57 Å². The van der Waals surface area contributed by atoms with E-state index in [0.717, 1.165) is 5.56 Å². The molecule has 48 valence electrons. The van der Waals surface area contributed by atoms with Crippen molar-refractivity contribution in [2.24, 2.45) is 7.05 Å². The standard InChI is InChI=1S/C7H9FN/c1-6-3-4-7(8)9(2)5-6/h3-5H,1-2H3/q+1. The minimum Gasteiger partial charge on any atom is -0.176 e. The first-order valence-electron chi connectivity index (χ1n) is 2.82. The molecule has 1 aromatic heterocycles. The number of pyridine rings is 1. The predicted molar refractivity (Wildman–Crippen MR) is 32.3 cm³/mol. The summed E-state index contributed by atoms with van der Waals surface area (Å²) in [6, 6.07) is 3.20. The fraction of sp³-hybridized carbons (Fsp3) is 0.286. The Kier molecular flexibility index (Phi) is 1.47. The van der Waals surface area contributed by atoms with E-state index in [4.69, 9.17) is 0 Å². The molecule has 1 heterocycles. The van der Waals surface area contributed by atoms with Gasteiger partial charge in [0, 0.05) is 11.6 Å². The summed E-state index contributed by atoms with van der Waals surface area (Å²) in [5.74, 6) is -0.208. The van der Waals surface area contributed by atoms with Crippen LogP contribution in [0, 0.1) is 12.9 Å². The van der Waals surface area contributed by atoms with Crippen LogP contribution in [0.1, 0.15) is 5.56 Å². The van der Waals surface area contributed by atoms with Crippen LogP contribution >= 0.6 is 0 Å². The third-order valence-corrected chi connectivity index (χ3v) is 1.22. The normalized spacial score (nSPS) is 9.67. The Balaban J connectivity index is 3.17. The molecule has 0 aromatic carbocycles. The molecule has 1 aromatic rings. The van der Waals surface area contributed by atoms with Crippen molar-refractivity contribution >= 4 is 0 Å². The molecular formula is C7H9FN+. The monoisotopic (exact) mass is 126 g/mol. The van der Waals surface area contributed by atoms with Crippen molar-refractivity contribution in [1.29, 1.82) is 0 Å². The summed E-state index contributed by atoms with van der Waals surface area (Å²) in [5, 5.41) is 0. The van der Waals surface area contributed by atoms with E-state index in [1.54, 1.807) is 19.3 Å². The van der Waals surface area contributed by atoms with Crippen LogP contribution in [-0.4, -0.2) is 0 Å². The summed E-state index contributed by atoms with van der Waals surface area (Å²) < 4.78 is 13.9. The average molecular weight is 126 g/mol. The second-order valence-electron chi connectivity index (χ2n) is 2.14. The van der Waals surface area contributed by atoms with Gasteiger partial charge in [0.1, 0.15) is 7.05 Å². The van der Waals surface area contributed by atoms with E-state index in [-0.39, 0.29) is 5.95 Å². The van der Waals surface area contributed by atoms with Gasteiger partial charge in [-0.25, -0.2) is 0 Å². The molecule has 0 N–H and O–H groups in total. The third-order valence-electron chi connectivity index (χ3n) is 1.22. The van der Waals surface area contributed by atoms with Gasteiger partial charge in [0.15, 0.2) is 6.20 Å². The van der Waals surface area contributed by atoms with Gasteiger partial charge in [-0.05, 0) is 13.0 Å². The Labute approximate surface area is 53.8 Å². The minimum atomic E-state index is -0.208. The highest BCUT2D eigenvalue weighted by atomic mass is 19.1. The summed E-state index contributed by atoms with van der Waals surface area (Å²) in [7, 11) is 1.68. The maximum atomic E-state index is 12.5. The van der Waals surface area contributed by atoms with Crippen molar-refractivity contribution in [3.8, 4) is 0 Å². The van der Waals surface area contributed by atoms with Gasteiger partial charge < -0.3 is 0 Å². The number of aromatic nitrogens is 1. The molecule has 0 spiro atoms. The fourth-order valence-electron chi connectivity index (χ4n) is 0.728. The molecule has 0 bridgehead atoms. The van der Waals surface area contributed by atoms with E-state index in [9.17, 15) is 4.39 Å². The largest absolute Gasteiger partial charge is 0.359 e. The molecular weight excluding hydrogens is 117 g/mol. The number of hydrogen-bond acceptors (Lipinski definition) is 0. The summed E-state index contributed by atoms with van der Waals surface area (Å²) in [6.45, 7) is 1.93. The predicted octanol–water partition coefficient (Wildman–Crippen LogP) is 0.959. The van der Waals surface area contributed by atoms with Crippen molar-refractivity contribution in [1.82, 2.24) is 0 Å². The fourth-order valence-corrected chi connectivity index (χ4v) is 0.728. The van der Waals surface area contributed by atoms with Gasteiger partial charge in [-0.2, -0.15) is 4.57 Å². The van der Waals surface area contributed by atoms with Gasteiger partial charge in [0.2, 0.25) is 0 Å². The zero-order chi connectivity index (χ0) is 6.85. The molecule has 2 heteroatoms. The maximum absolute atomic E-state index is 12.5. The van der Waals surface area contributed by atoms with Crippen molar-refractivity contribution < 1.29 is 8.96 Å². The highest BCUT2D eigenvalue weighted by Gasteiger charge is 2.01. The SMILES string of the molecule is Cc1ccc(F)[n+](C)c1. The van der Waals surface area contributed by atoms with E-state index in [1.165, 1.54) is 10.6 Å². The molecule has 0 radical (unpaired) electrons. The van der Waals surface area contributed by atoms with Crippen LogP contribution in [0.4, 0.5) is 4.39 Å². The Hall–Kier alpha value is -0.920. The van der Waals surface area contributed by atoms with Gasteiger partial charge in [-0.1, -0.05) is 0 Å². The van der Waals surface area contributed by atoms with E-state index in [1.807, 2.05) is 6.92 Å². The zero-order valence-electron chi connectivity index (χ0n) is 5.56. The summed E-state index contributed by atoms with van der Waals surface area (Å²) in [5.41, 5.74) is 1.07. The lowest BCUT2D eigenvalue weighted by molar-refractivity contribution is -0.700. The molecule has 9 heavy (non-hydrogen) atoms. The molecule has 0 fully saturated rings. The molecule has 0 aliphatic rings. The van der Waals surface area contributed by atoms with Gasteiger partial charge in [-0.15, -0.1) is 4.39 Å². The molecule has 0 aliphatic carbocycles. The van der Waals surface area contributed by atoms with E-state index >= 15 is 0 Å². The Bertz CT molecular complexity index is 220. The molecule has 0 unspecified atom stereocenters. The number of halogens is 1. The van der Waals surface area contributed by atoms with Crippen molar-refractivity contribution in [2.45, 2.75) is 6.92 Å². The second-order valence-corrected chi connectivity index (χ2v) is 2.14. The topological polar surface area (TPSA) is 3.88 Å². The third kappa shape index (κ3) is 1.25. The van der Waals surface area contributed by atoms with Crippen LogP contribution in [0.3, 0.4) is 0 Å². The Morgan fingerprint density at radius 3 is 2.56 bits per heavy atom. The maximum Gasteiger partial charge on any atom is 0.359 e. The van der Waals surface area contributed by atoms with Gasteiger partial charge in [0.25, 0.3) is 0 Å². The van der Waals surface area contributed by atoms with Crippen LogP contribution in [0.5, 0.6) is 0 Å². The smallest absolute Gasteiger partial charge is 0.176 e. The van der Waals surface area contributed by atoms with Gasteiger partial charge in [-0.3, -0.25) is 0 Å². The summed E-state index contributed by atoms with van der Waals surface area (Å²) >= 11 is 0. The van der Waals surface area contributed by atoms with Crippen molar-refractivity contribution in [3.63, 3.8) is 0 Å². The van der Waals surface area contributed by atoms with Gasteiger partial charge >= 0.3 is 5.95 Å². The quantitative estimate of drug-likeness (QED) is 0.360. The summed E-state index contributed by atoms with van der Waals surface area (Å²) in [6.07, 6.45) is 1.75. The first-order chi connectivity index (χ1) is 4.20. The van der Waals surface area contributed by atoms with E-state index in [0.29, 0.717) is 0 Å². The number of rotatable bonds is 0. The molecule has 1 nitrogen and oxygen atoms in total. The van der Waals surface area contributed by atoms with Crippen molar-refractivity contribution in [2.75, 3.05) is 0 Å². The first kappa shape index (κ1) is 6.20. The van der Waals surface area contributed by atoms with Crippen LogP contribution in [0.25, 0.3) is 0 Å². The molecule has 0 saturated heterocycles. The summed E-state index contributed by atoms with van der Waals surface area (Å²) in [4.78, 5) is 0. The highest BCUT2D eigenvalue weighted by molar-refractivity contribution is 5.01. The Morgan fingerprint density at radius 1 is 1.44 bits per heavy atom. The molecule has 0 saturated carbocycles. The average Bonchev–Trinajstić information content (AvgIpc) is 1.80. The number of hydrogen-bond donors (Lipinski definition) is 0. The lowest BCUT2D eigenvalue weighted by atomic mass is 10.3. The second kappa shape index (κ2) is 2.13. The molecule has 0 atom stereocenters.